The van der Waals surface area contributed by atoms with Crippen LogP contribution in [0.3, 0.4) is 0 Å². The van der Waals surface area contributed by atoms with Gasteiger partial charge in [0, 0.05) is 19.2 Å². The fraction of sp³-hybridized carbons (Fsp3) is 0.733. The molecule has 0 atom stereocenters. The van der Waals surface area contributed by atoms with E-state index in [0.717, 1.165) is 38.6 Å². The number of carbonyl (C=O) groups is 1. The number of rotatable bonds is 8. The Balaban J connectivity index is 1.96. The Morgan fingerprint density at radius 3 is 2.50 bits per heavy atom. The SMILES string of the molecule is CC(C)(C)OC(=O)CCCCCCCn1ccc(N)n1. The molecule has 114 valence electrons. The first-order valence-corrected chi connectivity index (χ1v) is 7.37. The zero-order chi connectivity index (χ0) is 15.0. The summed E-state index contributed by atoms with van der Waals surface area (Å²) < 4.78 is 7.13. The molecule has 0 saturated heterocycles. The van der Waals surface area contributed by atoms with Crippen molar-refractivity contribution in [2.75, 3.05) is 5.73 Å². The Labute approximate surface area is 121 Å². The number of ether oxygens (including phenoxy) is 1. The van der Waals surface area contributed by atoms with E-state index in [2.05, 4.69) is 5.10 Å². The molecular weight excluding hydrogens is 254 g/mol. The van der Waals surface area contributed by atoms with Crippen LogP contribution in [0.15, 0.2) is 12.3 Å². The molecule has 1 aromatic heterocycles. The highest BCUT2D eigenvalue weighted by Gasteiger charge is 2.15. The van der Waals surface area contributed by atoms with Crippen LogP contribution in [0, 0.1) is 0 Å². The predicted octanol–water partition coefficient (Wildman–Crippen LogP) is 3.15. The van der Waals surface area contributed by atoms with E-state index in [1.165, 1.54) is 0 Å². The minimum atomic E-state index is -0.372. The number of aromatic nitrogens is 2. The maximum absolute atomic E-state index is 11.5. The van der Waals surface area contributed by atoms with Gasteiger partial charge in [0.25, 0.3) is 0 Å². The third kappa shape index (κ3) is 7.81. The molecule has 0 saturated carbocycles. The Morgan fingerprint density at radius 1 is 1.25 bits per heavy atom. The summed E-state index contributed by atoms with van der Waals surface area (Å²) in [4.78, 5) is 11.5. The van der Waals surface area contributed by atoms with Gasteiger partial charge in [0.15, 0.2) is 0 Å². The van der Waals surface area contributed by atoms with Crippen LogP contribution in [0.25, 0.3) is 0 Å². The van der Waals surface area contributed by atoms with Crippen LogP contribution < -0.4 is 5.73 Å². The molecule has 0 unspecified atom stereocenters. The summed E-state index contributed by atoms with van der Waals surface area (Å²) in [6.07, 6.45) is 7.77. The van der Waals surface area contributed by atoms with Crippen molar-refractivity contribution in [3.8, 4) is 0 Å². The topological polar surface area (TPSA) is 70.1 Å². The fourth-order valence-corrected chi connectivity index (χ4v) is 1.97. The predicted molar refractivity (Wildman–Crippen MR) is 80.2 cm³/mol. The minimum Gasteiger partial charge on any atom is -0.460 e. The van der Waals surface area contributed by atoms with Crippen molar-refractivity contribution in [2.45, 2.75) is 71.4 Å². The maximum Gasteiger partial charge on any atom is 0.306 e. The van der Waals surface area contributed by atoms with Gasteiger partial charge in [-0.3, -0.25) is 9.48 Å². The number of carbonyl (C=O) groups excluding carboxylic acids is 1. The summed E-state index contributed by atoms with van der Waals surface area (Å²) in [6, 6.07) is 1.81. The van der Waals surface area contributed by atoms with E-state index < -0.39 is 0 Å². The van der Waals surface area contributed by atoms with Crippen molar-refractivity contribution in [3.63, 3.8) is 0 Å². The third-order valence-corrected chi connectivity index (χ3v) is 2.85. The summed E-state index contributed by atoms with van der Waals surface area (Å²) in [7, 11) is 0. The van der Waals surface area contributed by atoms with Crippen molar-refractivity contribution in [1.82, 2.24) is 9.78 Å². The summed E-state index contributed by atoms with van der Waals surface area (Å²) in [6.45, 7) is 6.59. The van der Waals surface area contributed by atoms with Gasteiger partial charge in [0.05, 0.1) is 0 Å². The van der Waals surface area contributed by atoms with Gasteiger partial charge >= 0.3 is 5.97 Å². The zero-order valence-electron chi connectivity index (χ0n) is 12.9. The largest absolute Gasteiger partial charge is 0.460 e. The van der Waals surface area contributed by atoms with Crippen LogP contribution in [-0.4, -0.2) is 21.4 Å². The van der Waals surface area contributed by atoms with E-state index in [0.29, 0.717) is 12.2 Å². The average Bonchev–Trinajstić information content (AvgIpc) is 2.71. The molecule has 0 aliphatic rings. The van der Waals surface area contributed by atoms with Gasteiger partial charge in [-0.25, -0.2) is 0 Å². The van der Waals surface area contributed by atoms with E-state index in [-0.39, 0.29) is 11.6 Å². The van der Waals surface area contributed by atoms with Crippen molar-refractivity contribution < 1.29 is 9.53 Å². The lowest BCUT2D eigenvalue weighted by Crippen LogP contribution is -2.23. The Bertz CT molecular complexity index is 407. The second-order valence-corrected chi connectivity index (χ2v) is 6.11. The van der Waals surface area contributed by atoms with Gasteiger partial charge < -0.3 is 10.5 Å². The first kappa shape index (κ1) is 16.5. The molecular formula is C15H27N3O2. The number of nitrogen functional groups attached to an aromatic ring is 1. The molecule has 1 aromatic rings. The van der Waals surface area contributed by atoms with Crippen LogP contribution in [-0.2, 0) is 16.1 Å². The normalized spacial score (nSPS) is 11.6. The molecule has 0 bridgehead atoms. The van der Waals surface area contributed by atoms with E-state index in [4.69, 9.17) is 10.5 Å². The van der Waals surface area contributed by atoms with Crippen molar-refractivity contribution >= 4 is 11.8 Å². The third-order valence-electron chi connectivity index (χ3n) is 2.85. The Morgan fingerprint density at radius 2 is 1.90 bits per heavy atom. The van der Waals surface area contributed by atoms with E-state index in [9.17, 15) is 4.79 Å². The summed E-state index contributed by atoms with van der Waals surface area (Å²) >= 11 is 0. The maximum atomic E-state index is 11.5. The molecule has 1 rings (SSSR count). The van der Waals surface area contributed by atoms with E-state index in [1.54, 1.807) is 6.07 Å². The molecule has 0 radical (unpaired) electrons. The first-order valence-electron chi connectivity index (χ1n) is 7.37. The first-order chi connectivity index (χ1) is 9.37. The van der Waals surface area contributed by atoms with Crippen molar-refractivity contribution in [3.05, 3.63) is 12.3 Å². The summed E-state index contributed by atoms with van der Waals surface area (Å²) in [5.74, 6) is 0.479. The van der Waals surface area contributed by atoms with Crippen molar-refractivity contribution in [2.24, 2.45) is 0 Å². The van der Waals surface area contributed by atoms with Crippen LogP contribution in [0.5, 0.6) is 0 Å². The molecule has 0 fully saturated rings. The van der Waals surface area contributed by atoms with Crippen LogP contribution >= 0.6 is 0 Å². The van der Waals surface area contributed by atoms with Crippen LogP contribution in [0.4, 0.5) is 5.82 Å². The summed E-state index contributed by atoms with van der Waals surface area (Å²) in [5.41, 5.74) is 5.17. The molecule has 2 N–H and O–H groups in total. The molecule has 0 spiro atoms. The molecule has 5 nitrogen and oxygen atoms in total. The van der Waals surface area contributed by atoms with Gasteiger partial charge in [0.1, 0.15) is 11.4 Å². The van der Waals surface area contributed by atoms with Gasteiger partial charge in [0.2, 0.25) is 0 Å². The molecule has 0 aliphatic carbocycles. The molecule has 0 aromatic carbocycles. The molecule has 0 aliphatic heterocycles. The number of unbranched alkanes of at least 4 members (excludes halogenated alkanes) is 4. The smallest absolute Gasteiger partial charge is 0.306 e. The van der Waals surface area contributed by atoms with Crippen LogP contribution in [0.2, 0.25) is 0 Å². The zero-order valence-corrected chi connectivity index (χ0v) is 12.9. The number of anilines is 1. The highest BCUT2D eigenvalue weighted by molar-refractivity contribution is 5.69. The Kier molecular flexibility index (Phi) is 6.55. The fourth-order valence-electron chi connectivity index (χ4n) is 1.97. The molecule has 0 amide bonds. The summed E-state index contributed by atoms with van der Waals surface area (Å²) in [5, 5.41) is 4.14. The number of nitrogens with two attached hydrogens (primary N) is 1. The second-order valence-electron chi connectivity index (χ2n) is 6.11. The lowest BCUT2D eigenvalue weighted by atomic mass is 10.1. The molecule has 20 heavy (non-hydrogen) atoms. The van der Waals surface area contributed by atoms with Gasteiger partial charge in [-0.2, -0.15) is 5.10 Å². The second kappa shape index (κ2) is 7.92. The lowest BCUT2D eigenvalue weighted by Gasteiger charge is -2.19. The highest BCUT2D eigenvalue weighted by atomic mass is 16.6. The van der Waals surface area contributed by atoms with Gasteiger partial charge in [-0.1, -0.05) is 19.3 Å². The number of nitrogens with zero attached hydrogens (tertiary/aromatic N) is 2. The highest BCUT2D eigenvalue weighted by Crippen LogP contribution is 2.12. The number of hydrogen-bond donors (Lipinski definition) is 1. The monoisotopic (exact) mass is 281 g/mol. The van der Waals surface area contributed by atoms with E-state index >= 15 is 0 Å². The minimum absolute atomic E-state index is 0.0930. The van der Waals surface area contributed by atoms with Crippen LogP contribution in [0.1, 0.15) is 59.3 Å². The van der Waals surface area contributed by atoms with E-state index in [1.807, 2.05) is 31.6 Å². The van der Waals surface area contributed by atoms with Gasteiger partial charge in [-0.15, -0.1) is 0 Å². The number of hydrogen-bond acceptors (Lipinski definition) is 4. The number of esters is 1. The number of aryl methyl sites for hydroxylation is 1. The quantitative estimate of drug-likeness (QED) is 0.587. The standard InChI is InChI=1S/C15H27N3O2/c1-15(2,3)20-14(19)9-7-5-4-6-8-11-18-12-10-13(16)17-18/h10,12H,4-9,11H2,1-3H3,(H2,16,17). The Hall–Kier alpha value is -1.52. The van der Waals surface area contributed by atoms with Crippen molar-refractivity contribution in [1.29, 1.82) is 0 Å². The lowest BCUT2D eigenvalue weighted by molar-refractivity contribution is -0.154. The molecule has 5 heteroatoms. The van der Waals surface area contributed by atoms with Gasteiger partial charge in [-0.05, 0) is 39.7 Å². The average molecular weight is 281 g/mol. The molecule has 1 heterocycles.